The molecule has 0 radical (unpaired) electrons. The first-order chi connectivity index (χ1) is 9.26. The maximum atomic E-state index is 11.8. The molecular formula is C14H11IN2O2. The van der Waals surface area contributed by atoms with Crippen molar-refractivity contribution in [2.75, 3.05) is 7.11 Å². The van der Waals surface area contributed by atoms with Gasteiger partial charge in [0.1, 0.15) is 0 Å². The number of aromatic nitrogens is 2. The molecule has 0 saturated carbocycles. The third kappa shape index (κ3) is 1.88. The Morgan fingerprint density at radius 3 is 2.89 bits per heavy atom. The van der Waals surface area contributed by atoms with Gasteiger partial charge in [-0.25, -0.2) is 9.78 Å². The minimum absolute atomic E-state index is 0.390. The molecule has 96 valence electrons. The summed E-state index contributed by atoms with van der Waals surface area (Å²) in [7, 11) is 1.38. The van der Waals surface area contributed by atoms with Crippen molar-refractivity contribution in [1.82, 2.24) is 9.97 Å². The number of benzene rings is 1. The number of hydrogen-bond acceptors (Lipinski definition) is 3. The number of nitrogens with one attached hydrogen (secondary N) is 1. The van der Waals surface area contributed by atoms with E-state index in [1.807, 2.05) is 24.3 Å². The van der Waals surface area contributed by atoms with Gasteiger partial charge in [0.25, 0.3) is 0 Å². The van der Waals surface area contributed by atoms with Gasteiger partial charge in [0, 0.05) is 26.3 Å². The second-order valence-electron chi connectivity index (χ2n) is 4.17. The van der Waals surface area contributed by atoms with Crippen LogP contribution in [0.3, 0.4) is 0 Å². The lowest BCUT2D eigenvalue weighted by Crippen LogP contribution is -2.07. The summed E-state index contributed by atoms with van der Waals surface area (Å²) < 4.78 is 5.50. The van der Waals surface area contributed by atoms with Gasteiger partial charge in [-0.1, -0.05) is 40.8 Å². The minimum Gasteiger partial charge on any atom is -0.464 e. The van der Waals surface area contributed by atoms with Crippen molar-refractivity contribution in [3.8, 4) is 0 Å². The fourth-order valence-electron chi connectivity index (χ4n) is 2.31. The summed E-state index contributed by atoms with van der Waals surface area (Å²) in [6.07, 6.45) is 1.69. The monoisotopic (exact) mass is 366 g/mol. The highest BCUT2D eigenvalue weighted by molar-refractivity contribution is 14.1. The van der Waals surface area contributed by atoms with Crippen molar-refractivity contribution in [3.63, 3.8) is 0 Å². The Hall–Kier alpha value is -1.63. The quantitative estimate of drug-likeness (QED) is 0.430. The van der Waals surface area contributed by atoms with Crippen molar-refractivity contribution >= 4 is 50.4 Å². The highest BCUT2D eigenvalue weighted by Crippen LogP contribution is 2.30. The molecule has 3 aromatic rings. The van der Waals surface area contributed by atoms with Crippen LogP contribution in [-0.4, -0.2) is 23.0 Å². The third-order valence-electron chi connectivity index (χ3n) is 3.16. The second-order valence-corrected chi connectivity index (χ2v) is 4.93. The fourth-order valence-corrected chi connectivity index (χ4v) is 3.06. The molecule has 0 saturated heterocycles. The molecule has 5 heteroatoms. The Kier molecular flexibility index (Phi) is 3.14. The van der Waals surface area contributed by atoms with Crippen molar-refractivity contribution in [2.45, 2.75) is 4.43 Å². The van der Waals surface area contributed by atoms with Gasteiger partial charge in [0.05, 0.1) is 18.8 Å². The van der Waals surface area contributed by atoms with Crippen LogP contribution in [-0.2, 0) is 9.16 Å². The number of rotatable bonds is 2. The van der Waals surface area contributed by atoms with E-state index in [0.717, 1.165) is 27.4 Å². The number of carbonyl (C=O) groups excluding carboxylic acids is 1. The summed E-state index contributed by atoms with van der Waals surface area (Å²) in [6.45, 7) is 0. The van der Waals surface area contributed by atoms with Crippen molar-refractivity contribution in [1.29, 1.82) is 0 Å². The highest BCUT2D eigenvalue weighted by Gasteiger charge is 2.18. The summed E-state index contributed by atoms with van der Waals surface area (Å²) in [6, 6.07) is 8.04. The van der Waals surface area contributed by atoms with E-state index in [-0.39, 0.29) is 5.97 Å². The van der Waals surface area contributed by atoms with E-state index in [1.54, 1.807) is 6.20 Å². The SMILES string of the molecule is COC(=O)c1ncc2[nH]c3ccccc3c2c1CI. The number of halogens is 1. The second kappa shape index (κ2) is 4.80. The molecule has 19 heavy (non-hydrogen) atoms. The van der Waals surface area contributed by atoms with Crippen molar-refractivity contribution in [2.24, 2.45) is 0 Å². The van der Waals surface area contributed by atoms with Gasteiger partial charge in [0.2, 0.25) is 0 Å². The zero-order valence-corrected chi connectivity index (χ0v) is 12.4. The molecule has 4 nitrogen and oxygen atoms in total. The fraction of sp³-hybridized carbons (Fsp3) is 0.143. The van der Waals surface area contributed by atoms with Gasteiger partial charge in [-0.3, -0.25) is 0 Å². The minimum atomic E-state index is -0.390. The number of esters is 1. The number of pyridine rings is 1. The first kappa shape index (κ1) is 12.4. The van der Waals surface area contributed by atoms with Gasteiger partial charge in [0.15, 0.2) is 5.69 Å². The Morgan fingerprint density at radius 2 is 2.16 bits per heavy atom. The number of carbonyl (C=O) groups is 1. The van der Waals surface area contributed by atoms with Crippen LogP contribution >= 0.6 is 22.6 Å². The standard InChI is InChI=1S/C14H11IN2O2/c1-19-14(18)13-9(6-15)12-8-4-2-3-5-10(8)17-11(12)7-16-13/h2-5,7,17H,6H2,1H3. The van der Waals surface area contributed by atoms with Crippen LogP contribution < -0.4 is 0 Å². The molecule has 0 aliphatic carbocycles. The van der Waals surface area contributed by atoms with E-state index in [4.69, 9.17) is 4.74 Å². The Balaban J connectivity index is 2.44. The number of fused-ring (bicyclic) bond motifs is 3. The van der Waals surface area contributed by atoms with E-state index < -0.39 is 0 Å². The summed E-state index contributed by atoms with van der Waals surface area (Å²) in [5.74, 6) is -0.390. The number of para-hydroxylation sites is 1. The molecule has 0 atom stereocenters. The van der Waals surface area contributed by atoms with Crippen LogP contribution in [0.2, 0.25) is 0 Å². The molecule has 0 amide bonds. The number of nitrogens with zero attached hydrogens (tertiary/aromatic N) is 1. The molecule has 0 unspecified atom stereocenters. The summed E-state index contributed by atoms with van der Waals surface area (Å²) in [4.78, 5) is 19.3. The van der Waals surface area contributed by atoms with E-state index in [9.17, 15) is 4.79 Å². The predicted octanol–water partition coefficient (Wildman–Crippen LogP) is 3.44. The van der Waals surface area contributed by atoms with Crippen LogP contribution in [0.5, 0.6) is 0 Å². The van der Waals surface area contributed by atoms with E-state index in [1.165, 1.54) is 7.11 Å². The maximum Gasteiger partial charge on any atom is 0.356 e. The first-order valence-corrected chi connectivity index (χ1v) is 7.31. The van der Waals surface area contributed by atoms with Crippen LogP contribution in [0.4, 0.5) is 0 Å². The summed E-state index contributed by atoms with van der Waals surface area (Å²) in [5, 5.41) is 2.16. The lowest BCUT2D eigenvalue weighted by Gasteiger charge is -2.06. The summed E-state index contributed by atoms with van der Waals surface area (Å²) in [5.41, 5.74) is 3.31. The molecule has 0 bridgehead atoms. The highest BCUT2D eigenvalue weighted by atomic mass is 127. The third-order valence-corrected chi connectivity index (χ3v) is 3.92. The first-order valence-electron chi connectivity index (χ1n) is 5.79. The molecule has 0 aliphatic rings. The number of methoxy groups -OCH3 is 1. The van der Waals surface area contributed by atoms with Gasteiger partial charge >= 0.3 is 5.97 Å². The average molecular weight is 366 g/mol. The summed E-state index contributed by atoms with van der Waals surface area (Å²) >= 11 is 2.25. The van der Waals surface area contributed by atoms with Crippen molar-refractivity contribution < 1.29 is 9.53 Å². The van der Waals surface area contributed by atoms with Gasteiger partial charge in [-0.15, -0.1) is 0 Å². The van der Waals surface area contributed by atoms with E-state index in [2.05, 4.69) is 32.6 Å². The molecule has 0 fully saturated rings. The zero-order chi connectivity index (χ0) is 13.4. The molecule has 2 aromatic heterocycles. The van der Waals surface area contributed by atoms with Crippen molar-refractivity contribution in [3.05, 3.63) is 41.7 Å². The van der Waals surface area contributed by atoms with E-state index >= 15 is 0 Å². The average Bonchev–Trinajstić information content (AvgIpc) is 2.84. The Labute approximate surface area is 123 Å². The van der Waals surface area contributed by atoms with Crippen LogP contribution in [0.1, 0.15) is 16.1 Å². The number of aromatic amines is 1. The Bertz CT molecular complexity index is 780. The predicted molar refractivity (Wildman–Crippen MR) is 82.7 cm³/mol. The molecule has 1 aromatic carbocycles. The molecule has 3 rings (SSSR count). The number of alkyl halides is 1. The lowest BCUT2D eigenvalue weighted by atomic mass is 10.1. The zero-order valence-electron chi connectivity index (χ0n) is 10.2. The topological polar surface area (TPSA) is 55.0 Å². The number of hydrogen-bond donors (Lipinski definition) is 1. The van der Waals surface area contributed by atoms with Gasteiger partial charge in [-0.05, 0) is 6.07 Å². The normalized spacial score (nSPS) is 11.1. The molecule has 2 heterocycles. The lowest BCUT2D eigenvalue weighted by molar-refractivity contribution is 0.0593. The molecular weight excluding hydrogens is 355 g/mol. The molecule has 0 spiro atoms. The van der Waals surface area contributed by atoms with Gasteiger partial charge < -0.3 is 9.72 Å². The van der Waals surface area contributed by atoms with E-state index in [0.29, 0.717) is 10.1 Å². The largest absolute Gasteiger partial charge is 0.464 e. The smallest absolute Gasteiger partial charge is 0.356 e. The van der Waals surface area contributed by atoms with Crippen LogP contribution in [0.15, 0.2) is 30.5 Å². The number of H-pyrrole nitrogens is 1. The Morgan fingerprint density at radius 1 is 1.37 bits per heavy atom. The number of ether oxygens (including phenoxy) is 1. The molecule has 0 aliphatic heterocycles. The van der Waals surface area contributed by atoms with Crippen LogP contribution in [0.25, 0.3) is 21.8 Å². The van der Waals surface area contributed by atoms with Crippen LogP contribution in [0, 0.1) is 0 Å². The maximum absolute atomic E-state index is 11.8. The van der Waals surface area contributed by atoms with Gasteiger partial charge in [-0.2, -0.15) is 0 Å². The molecule has 1 N–H and O–H groups in total.